The van der Waals surface area contributed by atoms with Gasteiger partial charge >= 0.3 is 18.4 Å². The average molecular weight is 385 g/mol. The van der Waals surface area contributed by atoms with Crippen LogP contribution < -0.4 is 10.6 Å². The van der Waals surface area contributed by atoms with Crippen molar-refractivity contribution in [1.29, 1.82) is 0 Å². The molecular formula is C14H13F6N3OS. The highest BCUT2D eigenvalue weighted by molar-refractivity contribution is 7.22. The molecule has 2 rings (SSSR count). The lowest BCUT2D eigenvalue weighted by Crippen LogP contribution is -2.66. The number of rotatable bonds is 2. The van der Waals surface area contributed by atoms with Gasteiger partial charge in [-0.05, 0) is 38.0 Å². The largest absolute Gasteiger partial charge is 0.420 e. The summed E-state index contributed by atoms with van der Waals surface area (Å²) in [5.41, 5.74) is -2.19. The predicted octanol–water partition coefficient (Wildman–Crippen LogP) is 4.92. The Labute approximate surface area is 142 Å². The van der Waals surface area contributed by atoms with Gasteiger partial charge in [0.2, 0.25) is 5.54 Å². The molecule has 1 heterocycles. The topological polar surface area (TPSA) is 54.0 Å². The number of nitrogens with zero attached hydrogens (tertiary/aromatic N) is 1. The molecule has 138 valence electrons. The number of thiazole rings is 1. The van der Waals surface area contributed by atoms with Crippen LogP contribution in [0.3, 0.4) is 0 Å². The molecule has 0 fully saturated rings. The molecule has 0 aliphatic heterocycles. The molecule has 11 heteroatoms. The van der Waals surface area contributed by atoms with E-state index in [9.17, 15) is 31.1 Å². The molecule has 1 aromatic heterocycles. The second-order valence-electron chi connectivity index (χ2n) is 5.65. The zero-order valence-corrected chi connectivity index (χ0v) is 14.0. The average Bonchev–Trinajstić information content (AvgIpc) is 2.78. The first-order valence-electron chi connectivity index (χ1n) is 6.85. The number of carbonyl (C=O) groups excluding carboxylic acids is 1. The Bertz CT molecular complexity index is 797. The molecule has 0 bridgehead atoms. The fourth-order valence-corrected chi connectivity index (χ4v) is 3.12. The van der Waals surface area contributed by atoms with Crippen LogP contribution in [-0.2, 0) is 0 Å². The van der Waals surface area contributed by atoms with Gasteiger partial charge in [-0.3, -0.25) is 5.32 Å². The van der Waals surface area contributed by atoms with Crippen LogP contribution in [0.25, 0.3) is 10.2 Å². The standard InChI is InChI=1S/C14H13F6N3OS/c1-6-4-7(2)9-8(5-6)25-11(21-9)22-10(24)23-12(3,13(15,16)17)14(18,19)20/h4-5H,1-3H3,(H2,21,22,23,24). The highest BCUT2D eigenvalue weighted by atomic mass is 32.1. The lowest BCUT2D eigenvalue weighted by molar-refractivity contribution is -0.297. The molecule has 0 atom stereocenters. The maximum atomic E-state index is 12.8. The summed E-state index contributed by atoms with van der Waals surface area (Å²) in [6.07, 6.45) is -11.4. The fourth-order valence-electron chi connectivity index (χ4n) is 2.08. The smallest absolute Gasteiger partial charge is 0.316 e. The lowest BCUT2D eigenvalue weighted by Gasteiger charge is -2.34. The molecule has 2 aromatic rings. The van der Waals surface area contributed by atoms with E-state index in [1.165, 1.54) is 0 Å². The van der Waals surface area contributed by atoms with Crippen molar-refractivity contribution in [2.75, 3.05) is 5.32 Å². The van der Waals surface area contributed by atoms with Crippen molar-refractivity contribution in [2.45, 2.75) is 38.7 Å². The molecule has 0 spiro atoms. The minimum absolute atomic E-state index is 0.104. The molecule has 0 aliphatic carbocycles. The number of nitrogens with one attached hydrogen (secondary N) is 2. The van der Waals surface area contributed by atoms with E-state index in [-0.39, 0.29) is 12.1 Å². The summed E-state index contributed by atoms with van der Waals surface area (Å²) >= 11 is 0.949. The van der Waals surface area contributed by atoms with Crippen molar-refractivity contribution < 1.29 is 31.1 Å². The first-order chi connectivity index (χ1) is 11.2. The fraction of sp³-hybridized carbons (Fsp3) is 0.429. The van der Waals surface area contributed by atoms with Gasteiger partial charge in [0.05, 0.1) is 10.2 Å². The Kier molecular flexibility index (Phi) is 4.66. The van der Waals surface area contributed by atoms with Crippen molar-refractivity contribution in [2.24, 2.45) is 0 Å². The molecule has 0 saturated heterocycles. The molecule has 2 N–H and O–H groups in total. The summed E-state index contributed by atoms with van der Waals surface area (Å²) in [6, 6.07) is 1.92. The van der Waals surface area contributed by atoms with E-state index >= 15 is 0 Å². The van der Waals surface area contributed by atoms with E-state index in [0.29, 0.717) is 10.2 Å². The van der Waals surface area contributed by atoms with Crippen molar-refractivity contribution >= 4 is 32.7 Å². The second kappa shape index (κ2) is 6.04. The van der Waals surface area contributed by atoms with Gasteiger partial charge in [-0.1, -0.05) is 17.4 Å². The first-order valence-corrected chi connectivity index (χ1v) is 7.66. The molecule has 2 amide bonds. The number of urea groups is 1. The first kappa shape index (κ1) is 19.3. The van der Waals surface area contributed by atoms with Crippen LogP contribution in [-0.4, -0.2) is 28.9 Å². The highest BCUT2D eigenvalue weighted by Gasteiger charge is 2.68. The second-order valence-corrected chi connectivity index (χ2v) is 6.68. The summed E-state index contributed by atoms with van der Waals surface area (Å²) in [7, 11) is 0. The maximum Gasteiger partial charge on any atom is 0.420 e. The SMILES string of the molecule is Cc1cc(C)c2nc(NC(=O)NC(C)(C(F)(F)F)C(F)(F)F)sc2c1. The number of carbonyl (C=O) groups is 1. The van der Waals surface area contributed by atoms with Crippen molar-refractivity contribution in [1.82, 2.24) is 10.3 Å². The lowest BCUT2D eigenvalue weighted by atomic mass is 10.0. The quantitative estimate of drug-likeness (QED) is 0.721. The van der Waals surface area contributed by atoms with Gasteiger partial charge in [0.1, 0.15) is 0 Å². The Hall–Kier alpha value is -2.04. The molecule has 1 aromatic carbocycles. The van der Waals surface area contributed by atoms with Gasteiger partial charge in [0.15, 0.2) is 5.13 Å². The number of anilines is 1. The molecule has 0 aliphatic rings. The molecule has 0 saturated carbocycles. The van der Waals surface area contributed by atoms with Gasteiger partial charge in [0, 0.05) is 0 Å². The molecule has 25 heavy (non-hydrogen) atoms. The van der Waals surface area contributed by atoms with Crippen LogP contribution in [0, 0.1) is 13.8 Å². The van der Waals surface area contributed by atoms with Crippen LogP contribution in [0.15, 0.2) is 12.1 Å². The van der Waals surface area contributed by atoms with Crippen LogP contribution in [0.1, 0.15) is 18.1 Å². The summed E-state index contributed by atoms with van der Waals surface area (Å²) in [4.78, 5) is 15.7. The molecule has 4 nitrogen and oxygen atoms in total. The predicted molar refractivity (Wildman–Crippen MR) is 81.8 cm³/mol. The summed E-state index contributed by atoms with van der Waals surface area (Å²) in [6.45, 7) is 3.44. The number of amides is 2. The third-order valence-corrected chi connectivity index (χ3v) is 4.47. The monoisotopic (exact) mass is 385 g/mol. The van der Waals surface area contributed by atoms with Gasteiger partial charge in [-0.15, -0.1) is 0 Å². The van der Waals surface area contributed by atoms with Crippen molar-refractivity contribution in [3.8, 4) is 0 Å². The molecular weight excluding hydrogens is 372 g/mol. The Balaban J connectivity index is 2.26. The van der Waals surface area contributed by atoms with E-state index in [2.05, 4.69) is 4.98 Å². The number of benzene rings is 1. The van der Waals surface area contributed by atoms with Crippen molar-refractivity contribution in [3.63, 3.8) is 0 Å². The van der Waals surface area contributed by atoms with Crippen LogP contribution in [0.4, 0.5) is 36.3 Å². The van der Waals surface area contributed by atoms with Gasteiger partial charge in [-0.25, -0.2) is 9.78 Å². The normalized spacial score (nSPS) is 13.2. The number of aromatic nitrogens is 1. The van der Waals surface area contributed by atoms with Gasteiger partial charge in [-0.2, -0.15) is 26.3 Å². The number of halogens is 6. The van der Waals surface area contributed by atoms with Crippen LogP contribution >= 0.6 is 11.3 Å². The van der Waals surface area contributed by atoms with Gasteiger partial charge in [0.25, 0.3) is 0 Å². The number of hydrogen-bond acceptors (Lipinski definition) is 3. The van der Waals surface area contributed by atoms with E-state index in [4.69, 9.17) is 0 Å². The zero-order chi connectivity index (χ0) is 19.2. The minimum Gasteiger partial charge on any atom is -0.316 e. The Morgan fingerprint density at radius 1 is 1.08 bits per heavy atom. The van der Waals surface area contributed by atoms with E-state index in [1.807, 2.05) is 18.3 Å². The number of alkyl halides is 6. The van der Waals surface area contributed by atoms with Crippen LogP contribution in [0.2, 0.25) is 0 Å². The maximum absolute atomic E-state index is 12.8. The van der Waals surface area contributed by atoms with E-state index in [0.717, 1.165) is 27.8 Å². The van der Waals surface area contributed by atoms with Gasteiger partial charge < -0.3 is 5.32 Å². The Morgan fingerprint density at radius 3 is 2.16 bits per heavy atom. The molecule has 0 radical (unpaired) electrons. The highest BCUT2D eigenvalue weighted by Crippen LogP contribution is 2.42. The number of aryl methyl sites for hydroxylation is 2. The third kappa shape index (κ3) is 3.65. The van der Waals surface area contributed by atoms with Crippen LogP contribution in [0.5, 0.6) is 0 Å². The third-order valence-electron chi connectivity index (χ3n) is 3.55. The zero-order valence-electron chi connectivity index (χ0n) is 13.2. The number of fused-ring (bicyclic) bond motifs is 1. The van der Waals surface area contributed by atoms with Crippen molar-refractivity contribution in [3.05, 3.63) is 23.3 Å². The summed E-state index contributed by atoms with van der Waals surface area (Å²) in [5.74, 6) is 0. The Morgan fingerprint density at radius 2 is 1.64 bits per heavy atom. The summed E-state index contributed by atoms with van der Waals surface area (Å²) in [5, 5.41) is 2.79. The minimum atomic E-state index is -5.72. The van der Waals surface area contributed by atoms with E-state index in [1.54, 1.807) is 13.0 Å². The molecule has 0 unspecified atom stereocenters. The van der Waals surface area contributed by atoms with E-state index < -0.39 is 23.9 Å². The summed E-state index contributed by atoms with van der Waals surface area (Å²) < 4.78 is 77.4. The number of hydrogen-bond donors (Lipinski definition) is 2.